The van der Waals surface area contributed by atoms with Crippen LogP contribution in [0, 0.1) is 5.41 Å². The molecular weight excluding hydrogens is 432 g/mol. The molecule has 7 heteroatoms. The molecule has 2 heterocycles. The zero-order valence-corrected chi connectivity index (χ0v) is 19.8. The number of ether oxygens (including phenoxy) is 1. The van der Waals surface area contributed by atoms with Crippen molar-refractivity contribution in [3.8, 4) is 0 Å². The lowest BCUT2D eigenvalue weighted by molar-refractivity contribution is -0.148. The van der Waals surface area contributed by atoms with Gasteiger partial charge in [0.15, 0.2) is 6.23 Å². The van der Waals surface area contributed by atoms with Gasteiger partial charge in [0.05, 0.1) is 11.1 Å². The van der Waals surface area contributed by atoms with Gasteiger partial charge < -0.3 is 4.74 Å². The van der Waals surface area contributed by atoms with Crippen LogP contribution in [-0.2, 0) is 9.53 Å². The number of carbonyl (C=O) groups is 4. The van der Waals surface area contributed by atoms with Crippen LogP contribution in [0.5, 0.6) is 0 Å². The highest BCUT2D eigenvalue weighted by atomic mass is 16.6. The van der Waals surface area contributed by atoms with Gasteiger partial charge in [0.2, 0.25) is 0 Å². The molecule has 0 N–H and O–H groups in total. The van der Waals surface area contributed by atoms with E-state index in [1.165, 1.54) is 9.80 Å². The van der Waals surface area contributed by atoms with Crippen molar-refractivity contribution in [2.75, 3.05) is 6.54 Å². The van der Waals surface area contributed by atoms with E-state index in [1.54, 1.807) is 67.6 Å². The number of esters is 1. The molecule has 34 heavy (non-hydrogen) atoms. The second-order valence-electron chi connectivity index (χ2n) is 9.88. The van der Waals surface area contributed by atoms with Crippen LogP contribution in [0.25, 0.3) is 0 Å². The monoisotopic (exact) mass is 460 g/mol. The number of carbonyl (C=O) groups excluding carboxylic acids is 4. The lowest BCUT2D eigenvalue weighted by Gasteiger charge is -2.38. The molecular formula is C27H28N2O5. The largest absolute Gasteiger partial charge is 0.439 e. The average molecular weight is 461 g/mol. The SMILES string of the molecule is CC(C)(C)[C@@H]1OC(=O)[C@@](C)(C/C=C/CN2C(=O)c3ccccc3C2=O)N1C(=O)c1ccccc1. The maximum absolute atomic E-state index is 13.5. The normalized spacial score (nSPS) is 22.5. The second-order valence-corrected chi connectivity index (χ2v) is 9.88. The molecule has 0 bridgehead atoms. The Morgan fingerprint density at radius 2 is 1.50 bits per heavy atom. The summed E-state index contributed by atoms with van der Waals surface area (Å²) in [5, 5.41) is 0. The van der Waals surface area contributed by atoms with Crippen molar-refractivity contribution < 1.29 is 23.9 Å². The number of hydrogen-bond acceptors (Lipinski definition) is 5. The molecule has 176 valence electrons. The van der Waals surface area contributed by atoms with Crippen LogP contribution in [0.1, 0.15) is 65.2 Å². The maximum atomic E-state index is 13.5. The molecule has 0 aromatic heterocycles. The third-order valence-corrected chi connectivity index (χ3v) is 6.25. The molecule has 2 aromatic carbocycles. The zero-order valence-electron chi connectivity index (χ0n) is 19.8. The molecule has 2 aromatic rings. The molecule has 0 aliphatic carbocycles. The van der Waals surface area contributed by atoms with Gasteiger partial charge in [0, 0.05) is 17.5 Å². The summed E-state index contributed by atoms with van der Waals surface area (Å²) >= 11 is 0. The van der Waals surface area contributed by atoms with E-state index < -0.39 is 23.2 Å². The Morgan fingerprint density at radius 3 is 2.06 bits per heavy atom. The van der Waals surface area contributed by atoms with E-state index in [0.717, 1.165) is 0 Å². The second kappa shape index (κ2) is 8.56. The summed E-state index contributed by atoms with van der Waals surface area (Å²) in [7, 11) is 0. The highest BCUT2D eigenvalue weighted by Crippen LogP contribution is 2.40. The van der Waals surface area contributed by atoms with Crippen molar-refractivity contribution >= 4 is 23.7 Å². The minimum atomic E-state index is -1.23. The van der Waals surface area contributed by atoms with Gasteiger partial charge in [-0.15, -0.1) is 0 Å². The summed E-state index contributed by atoms with van der Waals surface area (Å²) in [6.07, 6.45) is 2.85. The molecule has 0 spiro atoms. The first-order chi connectivity index (χ1) is 16.1. The molecule has 0 saturated carbocycles. The molecule has 2 aliphatic rings. The number of cyclic esters (lactones) is 1. The van der Waals surface area contributed by atoms with Gasteiger partial charge in [-0.25, -0.2) is 4.79 Å². The number of hydrogen-bond donors (Lipinski definition) is 0. The third kappa shape index (κ3) is 3.91. The highest BCUT2D eigenvalue weighted by Gasteiger charge is 2.57. The number of imide groups is 1. The van der Waals surface area contributed by atoms with E-state index in [0.29, 0.717) is 16.7 Å². The summed E-state index contributed by atoms with van der Waals surface area (Å²) in [4.78, 5) is 54.4. The van der Waals surface area contributed by atoms with E-state index in [1.807, 2.05) is 26.8 Å². The minimum Gasteiger partial charge on any atom is -0.439 e. The molecule has 0 radical (unpaired) electrons. The van der Waals surface area contributed by atoms with Gasteiger partial charge in [0.25, 0.3) is 17.7 Å². The van der Waals surface area contributed by atoms with Gasteiger partial charge in [-0.1, -0.05) is 63.3 Å². The topological polar surface area (TPSA) is 84.0 Å². The van der Waals surface area contributed by atoms with E-state index in [-0.39, 0.29) is 30.7 Å². The molecule has 3 amide bonds. The molecule has 2 atom stereocenters. The van der Waals surface area contributed by atoms with Crippen LogP contribution in [0.2, 0.25) is 0 Å². The molecule has 4 rings (SSSR count). The summed E-state index contributed by atoms with van der Waals surface area (Å²) in [6, 6.07) is 15.5. The number of benzene rings is 2. The molecule has 2 aliphatic heterocycles. The predicted octanol–water partition coefficient (Wildman–Crippen LogP) is 4.06. The Labute approximate surface area is 199 Å². The quantitative estimate of drug-likeness (QED) is 0.382. The zero-order chi connectivity index (χ0) is 24.7. The summed E-state index contributed by atoms with van der Waals surface area (Å²) in [5.41, 5.74) is -0.485. The summed E-state index contributed by atoms with van der Waals surface area (Å²) < 4.78 is 5.72. The molecule has 1 fully saturated rings. The van der Waals surface area contributed by atoms with Gasteiger partial charge in [-0.2, -0.15) is 0 Å². The molecule has 7 nitrogen and oxygen atoms in total. The van der Waals surface area contributed by atoms with Crippen molar-refractivity contribution in [2.24, 2.45) is 5.41 Å². The first-order valence-electron chi connectivity index (χ1n) is 11.3. The van der Waals surface area contributed by atoms with Crippen molar-refractivity contribution in [1.29, 1.82) is 0 Å². The number of amides is 3. The number of nitrogens with zero attached hydrogens (tertiary/aromatic N) is 2. The Hall–Kier alpha value is -3.74. The van der Waals surface area contributed by atoms with Crippen LogP contribution < -0.4 is 0 Å². The predicted molar refractivity (Wildman–Crippen MR) is 126 cm³/mol. The van der Waals surface area contributed by atoms with Gasteiger partial charge in [-0.3, -0.25) is 24.2 Å². The fourth-order valence-corrected chi connectivity index (χ4v) is 4.33. The lowest BCUT2D eigenvalue weighted by Crippen LogP contribution is -2.54. The first kappa shape index (κ1) is 23.4. The van der Waals surface area contributed by atoms with Crippen molar-refractivity contribution in [3.05, 3.63) is 83.4 Å². The smallest absolute Gasteiger partial charge is 0.334 e. The Kier molecular flexibility index (Phi) is 5.89. The minimum absolute atomic E-state index is 0.0762. The van der Waals surface area contributed by atoms with E-state index in [4.69, 9.17) is 4.74 Å². The van der Waals surface area contributed by atoms with Crippen LogP contribution >= 0.6 is 0 Å². The van der Waals surface area contributed by atoms with E-state index in [9.17, 15) is 19.2 Å². The van der Waals surface area contributed by atoms with Crippen LogP contribution in [-0.4, -0.2) is 51.8 Å². The van der Waals surface area contributed by atoms with Crippen molar-refractivity contribution in [3.63, 3.8) is 0 Å². The van der Waals surface area contributed by atoms with Crippen molar-refractivity contribution in [2.45, 2.75) is 45.9 Å². The average Bonchev–Trinajstić information content (AvgIpc) is 3.22. The molecule has 1 saturated heterocycles. The Balaban J connectivity index is 1.55. The fraction of sp³-hybridized carbons (Fsp3) is 0.333. The van der Waals surface area contributed by atoms with Crippen molar-refractivity contribution in [1.82, 2.24) is 9.80 Å². The van der Waals surface area contributed by atoms with Crippen LogP contribution in [0.3, 0.4) is 0 Å². The summed E-state index contributed by atoms with van der Waals surface area (Å²) in [5.74, 6) is -1.46. The molecule has 0 unspecified atom stereocenters. The standard InChI is InChI=1S/C27H28N2O5/c1-26(2,3)24-29(21(30)18-12-6-5-7-13-18)27(4,25(33)34-24)16-10-11-17-28-22(31)19-14-8-9-15-20(19)23(28)32/h5-15,24H,16-17H2,1-4H3/b11-10+/t24-,27+/m0/s1. The third-order valence-electron chi connectivity index (χ3n) is 6.25. The highest BCUT2D eigenvalue weighted by molar-refractivity contribution is 6.21. The maximum Gasteiger partial charge on any atom is 0.334 e. The number of rotatable bonds is 5. The number of fused-ring (bicyclic) bond motifs is 1. The van der Waals surface area contributed by atoms with E-state index >= 15 is 0 Å². The lowest BCUT2D eigenvalue weighted by atomic mass is 9.89. The Bertz CT molecular complexity index is 1150. The Morgan fingerprint density at radius 1 is 0.941 bits per heavy atom. The van der Waals surface area contributed by atoms with Gasteiger partial charge >= 0.3 is 5.97 Å². The van der Waals surface area contributed by atoms with Crippen LogP contribution in [0.4, 0.5) is 0 Å². The van der Waals surface area contributed by atoms with Gasteiger partial charge in [-0.05, 0) is 37.6 Å². The first-order valence-corrected chi connectivity index (χ1v) is 11.3. The summed E-state index contributed by atoms with van der Waals surface area (Å²) in [6.45, 7) is 7.52. The van der Waals surface area contributed by atoms with E-state index in [2.05, 4.69) is 0 Å². The van der Waals surface area contributed by atoms with Gasteiger partial charge in [0.1, 0.15) is 5.54 Å². The van der Waals surface area contributed by atoms with Crippen LogP contribution in [0.15, 0.2) is 66.7 Å². The fourth-order valence-electron chi connectivity index (χ4n) is 4.33.